The Hall–Kier alpha value is -4.14. The zero-order valence-electron chi connectivity index (χ0n) is 16.2. The van der Waals surface area contributed by atoms with Crippen LogP contribution in [-0.4, -0.2) is 35.3 Å². The van der Waals surface area contributed by atoms with Crippen LogP contribution in [0.4, 0.5) is 0 Å². The number of aromatic nitrogens is 2. The number of hydrogen-bond acceptors (Lipinski definition) is 6. The van der Waals surface area contributed by atoms with Gasteiger partial charge < -0.3 is 9.47 Å². The first-order valence-electron chi connectivity index (χ1n) is 9.07. The molecule has 0 aliphatic rings. The molecule has 0 spiro atoms. The minimum atomic E-state index is -0.658. The van der Waals surface area contributed by atoms with Gasteiger partial charge in [-0.15, -0.1) is 0 Å². The predicted molar refractivity (Wildman–Crippen MR) is 108 cm³/mol. The lowest BCUT2D eigenvalue weighted by Crippen LogP contribution is -2.42. The highest BCUT2D eigenvalue weighted by Gasteiger charge is 2.12. The van der Waals surface area contributed by atoms with Gasteiger partial charge in [0.2, 0.25) is 0 Å². The van der Waals surface area contributed by atoms with Crippen LogP contribution >= 0.6 is 0 Å². The average Bonchev–Trinajstić information content (AvgIpc) is 2.79. The van der Waals surface area contributed by atoms with Crippen molar-refractivity contribution in [1.29, 1.82) is 0 Å². The lowest BCUT2D eigenvalue weighted by atomic mass is 10.2. The fourth-order valence-corrected chi connectivity index (χ4v) is 2.49. The third-order valence-electron chi connectivity index (χ3n) is 4.06. The molecule has 0 bridgehead atoms. The van der Waals surface area contributed by atoms with Gasteiger partial charge in [0.15, 0.2) is 5.69 Å². The van der Waals surface area contributed by atoms with E-state index in [2.05, 4.69) is 16.0 Å². The van der Waals surface area contributed by atoms with Crippen molar-refractivity contribution in [3.63, 3.8) is 0 Å². The second-order valence-corrected chi connectivity index (χ2v) is 6.08. The smallest absolute Gasteiger partial charge is 0.290 e. The lowest BCUT2D eigenvalue weighted by Gasteiger charge is -2.10. The van der Waals surface area contributed by atoms with Crippen molar-refractivity contribution < 1.29 is 19.1 Å². The molecular formula is C21H20N4O5. The van der Waals surface area contributed by atoms with Crippen molar-refractivity contribution in [2.24, 2.45) is 0 Å². The van der Waals surface area contributed by atoms with Gasteiger partial charge in [0.1, 0.15) is 18.1 Å². The molecule has 3 aromatic rings. The van der Waals surface area contributed by atoms with Crippen molar-refractivity contribution in [2.75, 3.05) is 13.7 Å². The molecule has 0 saturated carbocycles. The highest BCUT2D eigenvalue weighted by atomic mass is 16.5. The Morgan fingerprint density at radius 1 is 0.900 bits per heavy atom. The van der Waals surface area contributed by atoms with Crippen molar-refractivity contribution in [2.45, 2.75) is 6.54 Å². The van der Waals surface area contributed by atoms with E-state index in [4.69, 9.17) is 9.47 Å². The summed E-state index contributed by atoms with van der Waals surface area (Å²) >= 11 is 0. The first-order valence-corrected chi connectivity index (χ1v) is 9.07. The normalized spacial score (nSPS) is 10.2. The molecule has 0 unspecified atom stereocenters. The van der Waals surface area contributed by atoms with Crippen LogP contribution < -0.4 is 25.9 Å². The number of nitrogens with one attached hydrogen (secondary N) is 2. The van der Waals surface area contributed by atoms with Crippen LogP contribution in [0.3, 0.4) is 0 Å². The van der Waals surface area contributed by atoms with Crippen LogP contribution in [0.2, 0.25) is 0 Å². The maximum absolute atomic E-state index is 12.3. The molecule has 0 radical (unpaired) electrons. The van der Waals surface area contributed by atoms with Gasteiger partial charge in [-0.2, -0.15) is 5.10 Å². The van der Waals surface area contributed by atoms with Crippen LogP contribution in [0.5, 0.6) is 11.5 Å². The number of hydrazine groups is 1. The van der Waals surface area contributed by atoms with Gasteiger partial charge in [-0.25, -0.2) is 4.68 Å². The van der Waals surface area contributed by atoms with E-state index in [1.165, 1.54) is 19.2 Å². The summed E-state index contributed by atoms with van der Waals surface area (Å²) in [6, 6.07) is 18.0. The van der Waals surface area contributed by atoms with E-state index in [9.17, 15) is 14.4 Å². The molecule has 1 heterocycles. The fourth-order valence-electron chi connectivity index (χ4n) is 2.49. The topological polar surface area (TPSA) is 112 Å². The summed E-state index contributed by atoms with van der Waals surface area (Å²) in [6.07, 6.45) is 0. The molecule has 30 heavy (non-hydrogen) atoms. The number of nitrogens with zero attached hydrogens (tertiary/aromatic N) is 2. The number of amides is 2. The zero-order chi connectivity index (χ0) is 21.3. The molecule has 2 amide bonds. The van der Waals surface area contributed by atoms with Gasteiger partial charge in [-0.1, -0.05) is 18.2 Å². The van der Waals surface area contributed by atoms with Gasteiger partial charge in [0.05, 0.1) is 13.7 Å². The third-order valence-corrected chi connectivity index (χ3v) is 4.06. The number of para-hydroxylation sites is 1. The molecule has 0 aliphatic carbocycles. The van der Waals surface area contributed by atoms with E-state index in [-0.39, 0.29) is 24.4 Å². The summed E-state index contributed by atoms with van der Waals surface area (Å²) in [4.78, 5) is 36.4. The van der Waals surface area contributed by atoms with Crippen LogP contribution in [0, 0.1) is 0 Å². The number of rotatable bonds is 7. The van der Waals surface area contributed by atoms with Crippen LogP contribution in [-0.2, 0) is 6.54 Å². The maximum atomic E-state index is 12.3. The maximum Gasteiger partial charge on any atom is 0.290 e. The Kier molecular flexibility index (Phi) is 6.78. The molecule has 1 aromatic heterocycles. The predicted octanol–water partition coefficient (Wildman–Crippen LogP) is 1.41. The molecule has 2 N–H and O–H groups in total. The number of ether oxygens (including phenoxy) is 2. The van der Waals surface area contributed by atoms with E-state index < -0.39 is 11.8 Å². The minimum absolute atomic E-state index is 0.0238. The van der Waals surface area contributed by atoms with Gasteiger partial charge >= 0.3 is 0 Å². The van der Waals surface area contributed by atoms with Gasteiger partial charge in [-0.05, 0) is 42.5 Å². The largest absolute Gasteiger partial charge is 0.497 e. The van der Waals surface area contributed by atoms with Crippen molar-refractivity contribution in [3.8, 4) is 11.5 Å². The molecule has 0 saturated heterocycles. The van der Waals surface area contributed by atoms with Crippen molar-refractivity contribution >= 4 is 11.8 Å². The van der Waals surface area contributed by atoms with E-state index in [0.29, 0.717) is 17.1 Å². The number of carbonyl (C=O) groups excluding carboxylic acids is 2. The first kappa shape index (κ1) is 20.6. The summed E-state index contributed by atoms with van der Waals surface area (Å²) in [5, 5.41) is 4.02. The molecule has 2 aromatic carbocycles. The summed E-state index contributed by atoms with van der Waals surface area (Å²) in [5.74, 6) is 0.115. The van der Waals surface area contributed by atoms with Crippen molar-refractivity contribution in [3.05, 3.63) is 88.3 Å². The molecule has 9 heteroatoms. The molecule has 0 aliphatic heterocycles. The van der Waals surface area contributed by atoms with Gasteiger partial charge in [0.25, 0.3) is 17.4 Å². The average molecular weight is 408 g/mol. The second-order valence-electron chi connectivity index (χ2n) is 6.08. The van der Waals surface area contributed by atoms with Crippen LogP contribution in [0.15, 0.2) is 71.5 Å². The molecule has 0 fully saturated rings. The van der Waals surface area contributed by atoms with Gasteiger partial charge in [0, 0.05) is 11.6 Å². The summed E-state index contributed by atoms with van der Waals surface area (Å²) in [6.45, 7) is 0.364. The Morgan fingerprint density at radius 3 is 2.30 bits per heavy atom. The Bertz CT molecular complexity index is 1060. The van der Waals surface area contributed by atoms with E-state index in [1.54, 1.807) is 36.4 Å². The van der Waals surface area contributed by atoms with E-state index >= 15 is 0 Å². The highest BCUT2D eigenvalue weighted by Crippen LogP contribution is 2.11. The van der Waals surface area contributed by atoms with Crippen LogP contribution in [0.25, 0.3) is 0 Å². The summed E-state index contributed by atoms with van der Waals surface area (Å²) in [5.41, 5.74) is 4.52. The highest BCUT2D eigenvalue weighted by molar-refractivity contribution is 5.98. The van der Waals surface area contributed by atoms with E-state index in [0.717, 1.165) is 4.68 Å². The molecule has 9 nitrogen and oxygen atoms in total. The minimum Gasteiger partial charge on any atom is -0.497 e. The second kappa shape index (κ2) is 9.87. The molecule has 154 valence electrons. The standard InChI is InChI=1S/C21H20N4O5/c1-29-16-9-7-15(8-10-16)20(27)22-23-21(28)18-11-12-19(26)25(24-18)13-14-30-17-5-3-2-4-6-17/h2-12H,13-14H2,1H3,(H,22,27)(H,23,28). The Balaban J connectivity index is 1.56. The Labute approximate surface area is 172 Å². The fraction of sp³-hybridized carbons (Fsp3) is 0.143. The number of benzene rings is 2. The SMILES string of the molecule is COc1ccc(C(=O)NNC(=O)c2ccc(=O)n(CCOc3ccccc3)n2)cc1. The quantitative estimate of drug-likeness (QED) is 0.572. The van der Waals surface area contributed by atoms with Gasteiger partial charge in [-0.3, -0.25) is 25.2 Å². The lowest BCUT2D eigenvalue weighted by molar-refractivity contribution is 0.0842. The number of carbonyl (C=O) groups is 2. The third kappa shape index (κ3) is 5.44. The Morgan fingerprint density at radius 2 is 1.60 bits per heavy atom. The van der Waals surface area contributed by atoms with Crippen molar-refractivity contribution in [1.82, 2.24) is 20.6 Å². The molecule has 0 atom stereocenters. The van der Waals surface area contributed by atoms with E-state index in [1.807, 2.05) is 18.2 Å². The molecule has 3 rings (SSSR count). The zero-order valence-corrected chi connectivity index (χ0v) is 16.2. The number of hydrogen-bond donors (Lipinski definition) is 2. The summed E-state index contributed by atoms with van der Waals surface area (Å²) < 4.78 is 11.7. The number of methoxy groups -OCH3 is 1. The molecular weight excluding hydrogens is 388 g/mol. The first-order chi connectivity index (χ1) is 14.6. The van der Waals surface area contributed by atoms with Crippen LogP contribution in [0.1, 0.15) is 20.8 Å². The summed E-state index contributed by atoms with van der Waals surface area (Å²) in [7, 11) is 1.52. The monoisotopic (exact) mass is 408 g/mol.